The quantitative estimate of drug-likeness (QED) is 0.517. The second-order valence-corrected chi connectivity index (χ2v) is 11.4. The zero-order valence-electron chi connectivity index (χ0n) is 16.3. The van der Waals surface area contributed by atoms with Gasteiger partial charge in [0, 0.05) is 11.4 Å². The SMILES string of the molecule is O=C(CSc1nnc(Nc2cccc(F)c2)s1)N(c1ccccc1)C1CCS(=O)(=O)C1. The second kappa shape index (κ2) is 9.33. The number of sulfone groups is 1. The first-order valence-electron chi connectivity index (χ1n) is 9.46. The molecule has 1 atom stereocenters. The number of aromatic nitrogens is 2. The van der Waals surface area contributed by atoms with Crippen molar-refractivity contribution in [3.8, 4) is 0 Å². The largest absolute Gasteiger partial charge is 0.330 e. The number of halogens is 1. The molecule has 1 unspecified atom stereocenters. The molecular weight excluding hydrogens is 459 g/mol. The molecule has 0 bridgehead atoms. The van der Waals surface area contributed by atoms with Crippen molar-refractivity contribution in [3.63, 3.8) is 0 Å². The molecule has 0 radical (unpaired) electrons. The van der Waals surface area contributed by atoms with Crippen molar-refractivity contribution in [2.45, 2.75) is 16.8 Å². The summed E-state index contributed by atoms with van der Waals surface area (Å²) in [7, 11) is -3.13. The van der Waals surface area contributed by atoms with Gasteiger partial charge in [0.25, 0.3) is 0 Å². The van der Waals surface area contributed by atoms with E-state index in [4.69, 9.17) is 0 Å². The average molecular weight is 479 g/mol. The number of nitrogens with one attached hydrogen (secondary N) is 1. The van der Waals surface area contributed by atoms with Crippen molar-refractivity contribution < 1.29 is 17.6 Å². The molecule has 0 spiro atoms. The van der Waals surface area contributed by atoms with E-state index >= 15 is 0 Å². The normalized spacial score (nSPS) is 17.4. The van der Waals surface area contributed by atoms with E-state index in [1.165, 1.54) is 35.2 Å². The number of carbonyl (C=O) groups is 1. The van der Waals surface area contributed by atoms with Gasteiger partial charge >= 0.3 is 0 Å². The van der Waals surface area contributed by atoms with Crippen LogP contribution in [0.4, 0.5) is 20.9 Å². The molecule has 2 aromatic carbocycles. The van der Waals surface area contributed by atoms with Gasteiger partial charge in [0.05, 0.1) is 23.3 Å². The fourth-order valence-corrected chi connectivity index (χ4v) is 6.66. The molecule has 1 fully saturated rings. The predicted octanol–water partition coefficient (Wildman–Crippen LogP) is 3.73. The van der Waals surface area contributed by atoms with Crippen LogP contribution in [0.1, 0.15) is 6.42 Å². The topological polar surface area (TPSA) is 92.3 Å². The first kappa shape index (κ1) is 21.7. The smallest absolute Gasteiger partial charge is 0.237 e. The first-order chi connectivity index (χ1) is 14.9. The van der Waals surface area contributed by atoms with E-state index in [9.17, 15) is 17.6 Å². The fraction of sp³-hybridized carbons (Fsp3) is 0.250. The summed E-state index contributed by atoms with van der Waals surface area (Å²) in [5.74, 6) is -0.385. The van der Waals surface area contributed by atoms with E-state index in [1.54, 1.807) is 29.2 Å². The van der Waals surface area contributed by atoms with Crippen molar-refractivity contribution in [1.82, 2.24) is 10.2 Å². The van der Waals surface area contributed by atoms with Crippen LogP contribution in [0.25, 0.3) is 0 Å². The van der Waals surface area contributed by atoms with Gasteiger partial charge in [-0.1, -0.05) is 47.4 Å². The lowest BCUT2D eigenvalue weighted by molar-refractivity contribution is -0.116. The molecule has 2 heterocycles. The molecule has 162 valence electrons. The van der Waals surface area contributed by atoms with E-state index in [2.05, 4.69) is 15.5 Å². The molecule has 7 nitrogen and oxygen atoms in total. The Labute approximate surface area is 187 Å². The highest BCUT2D eigenvalue weighted by molar-refractivity contribution is 8.01. The molecule has 3 aromatic rings. The maximum atomic E-state index is 13.3. The highest BCUT2D eigenvalue weighted by atomic mass is 32.2. The lowest BCUT2D eigenvalue weighted by Gasteiger charge is -2.28. The van der Waals surface area contributed by atoms with Crippen LogP contribution in [0.15, 0.2) is 58.9 Å². The highest BCUT2D eigenvalue weighted by Crippen LogP contribution is 2.30. The van der Waals surface area contributed by atoms with Gasteiger partial charge in [-0.2, -0.15) is 0 Å². The highest BCUT2D eigenvalue weighted by Gasteiger charge is 2.35. The summed E-state index contributed by atoms with van der Waals surface area (Å²) in [6, 6.07) is 14.7. The molecule has 11 heteroatoms. The Kier molecular flexibility index (Phi) is 6.54. The van der Waals surface area contributed by atoms with Crippen LogP contribution in [-0.4, -0.2) is 47.8 Å². The number of benzene rings is 2. The average Bonchev–Trinajstić information content (AvgIpc) is 3.33. The maximum absolute atomic E-state index is 13.3. The van der Waals surface area contributed by atoms with E-state index in [0.717, 1.165) is 0 Å². The molecule has 1 aliphatic heterocycles. The number of rotatable bonds is 7. The van der Waals surface area contributed by atoms with Crippen LogP contribution < -0.4 is 10.2 Å². The van der Waals surface area contributed by atoms with Gasteiger partial charge in [-0.3, -0.25) is 4.79 Å². The van der Waals surface area contributed by atoms with Gasteiger partial charge in [-0.25, -0.2) is 12.8 Å². The van der Waals surface area contributed by atoms with Gasteiger partial charge < -0.3 is 10.2 Å². The maximum Gasteiger partial charge on any atom is 0.237 e. The van der Waals surface area contributed by atoms with Crippen molar-refractivity contribution >= 4 is 55.3 Å². The van der Waals surface area contributed by atoms with Crippen LogP contribution in [0.5, 0.6) is 0 Å². The zero-order valence-corrected chi connectivity index (χ0v) is 18.7. The Morgan fingerprint density at radius 3 is 2.71 bits per heavy atom. The van der Waals surface area contributed by atoms with Crippen LogP contribution in [0, 0.1) is 5.82 Å². The molecular formula is C20H19FN4O3S3. The third kappa shape index (κ3) is 5.60. The third-order valence-corrected chi connectivity index (χ3v) is 8.39. The molecule has 1 aromatic heterocycles. The van der Waals surface area contributed by atoms with Crippen LogP contribution in [0.3, 0.4) is 0 Å². The summed E-state index contributed by atoms with van der Waals surface area (Å²) in [5, 5.41) is 11.6. The van der Waals surface area contributed by atoms with Crippen molar-refractivity contribution in [2.75, 3.05) is 27.5 Å². The van der Waals surface area contributed by atoms with E-state index < -0.39 is 9.84 Å². The van der Waals surface area contributed by atoms with Crippen LogP contribution in [-0.2, 0) is 14.6 Å². The van der Waals surface area contributed by atoms with Gasteiger partial charge in [0.15, 0.2) is 14.2 Å². The first-order valence-corrected chi connectivity index (χ1v) is 13.1. The molecule has 4 rings (SSSR count). The van der Waals surface area contributed by atoms with Gasteiger partial charge in [-0.15, -0.1) is 10.2 Å². The standard InChI is InChI=1S/C20H19FN4O3S3/c21-14-5-4-6-15(11-14)22-19-23-24-20(30-19)29-12-18(26)25(16-7-2-1-3-8-16)17-9-10-31(27,28)13-17/h1-8,11,17H,9-10,12-13H2,(H,22,23). The summed E-state index contributed by atoms with van der Waals surface area (Å²) in [6.45, 7) is 0. The van der Waals surface area contributed by atoms with Gasteiger partial charge in [-0.05, 0) is 36.8 Å². The van der Waals surface area contributed by atoms with Crippen LogP contribution in [0.2, 0.25) is 0 Å². The van der Waals surface area contributed by atoms with E-state index in [0.29, 0.717) is 27.3 Å². The Morgan fingerprint density at radius 1 is 1.19 bits per heavy atom. The predicted molar refractivity (Wildman–Crippen MR) is 121 cm³/mol. The van der Waals surface area contributed by atoms with E-state index in [-0.39, 0.29) is 35.0 Å². The Balaban J connectivity index is 1.43. The lowest BCUT2D eigenvalue weighted by Crippen LogP contribution is -2.42. The molecule has 31 heavy (non-hydrogen) atoms. The summed E-state index contributed by atoms with van der Waals surface area (Å²) in [5.41, 5.74) is 1.24. The lowest BCUT2D eigenvalue weighted by atomic mass is 10.2. The minimum absolute atomic E-state index is 0.0290. The number of anilines is 3. The molecule has 1 aliphatic rings. The fourth-order valence-electron chi connectivity index (χ4n) is 3.33. The minimum atomic E-state index is -3.13. The minimum Gasteiger partial charge on any atom is -0.330 e. The summed E-state index contributed by atoms with van der Waals surface area (Å²) < 4.78 is 37.8. The Bertz CT molecular complexity index is 1170. The Morgan fingerprint density at radius 2 is 2.00 bits per heavy atom. The van der Waals surface area contributed by atoms with Gasteiger partial charge in [0.1, 0.15) is 5.82 Å². The van der Waals surface area contributed by atoms with Crippen molar-refractivity contribution in [1.29, 1.82) is 0 Å². The van der Waals surface area contributed by atoms with Crippen molar-refractivity contribution in [3.05, 3.63) is 60.4 Å². The number of nitrogens with zero attached hydrogens (tertiary/aromatic N) is 3. The summed E-state index contributed by atoms with van der Waals surface area (Å²) in [4.78, 5) is 14.6. The number of para-hydroxylation sites is 1. The molecule has 1 saturated heterocycles. The second-order valence-electron chi connectivity index (χ2n) is 6.95. The molecule has 0 aliphatic carbocycles. The number of hydrogen-bond donors (Lipinski definition) is 1. The Hall–Kier alpha value is -2.50. The summed E-state index contributed by atoms with van der Waals surface area (Å²) in [6.07, 6.45) is 0.425. The van der Waals surface area contributed by atoms with E-state index in [1.807, 2.05) is 18.2 Å². The van der Waals surface area contributed by atoms with Gasteiger partial charge in [0.2, 0.25) is 11.0 Å². The molecule has 1 amide bonds. The number of amides is 1. The third-order valence-electron chi connectivity index (χ3n) is 4.68. The number of hydrogen-bond acceptors (Lipinski definition) is 8. The molecule has 1 N–H and O–H groups in total. The molecule has 0 saturated carbocycles. The zero-order chi connectivity index (χ0) is 21.8. The number of thioether (sulfide) groups is 1. The monoisotopic (exact) mass is 478 g/mol. The number of carbonyl (C=O) groups excluding carboxylic acids is 1. The van der Waals surface area contributed by atoms with Crippen LogP contribution >= 0.6 is 23.1 Å². The summed E-state index contributed by atoms with van der Waals surface area (Å²) >= 11 is 2.49. The van der Waals surface area contributed by atoms with Crippen molar-refractivity contribution in [2.24, 2.45) is 0 Å².